The van der Waals surface area contributed by atoms with Gasteiger partial charge in [-0.2, -0.15) is 0 Å². The van der Waals surface area contributed by atoms with Crippen molar-refractivity contribution < 1.29 is 5.11 Å². The maximum absolute atomic E-state index is 9.93. The van der Waals surface area contributed by atoms with Gasteiger partial charge in [-0.1, -0.05) is 41.9 Å². The van der Waals surface area contributed by atoms with E-state index >= 15 is 0 Å². The van der Waals surface area contributed by atoms with Crippen molar-refractivity contribution in [3.63, 3.8) is 0 Å². The third-order valence-electron chi connectivity index (χ3n) is 3.12. The van der Waals surface area contributed by atoms with Crippen LogP contribution in [-0.4, -0.2) is 16.3 Å². The van der Waals surface area contributed by atoms with Gasteiger partial charge in [0.05, 0.1) is 12.1 Å². The Kier molecular flexibility index (Phi) is 3.44. The number of fused-ring (bicyclic) bond motifs is 1. The zero-order valence-corrected chi connectivity index (χ0v) is 11.4. The first-order valence-corrected chi connectivity index (χ1v) is 6.66. The minimum atomic E-state index is 0.110. The van der Waals surface area contributed by atoms with Crippen LogP contribution in [0.1, 0.15) is 11.1 Å². The summed E-state index contributed by atoms with van der Waals surface area (Å²) in [5.74, 6) is 0.110. The van der Waals surface area contributed by atoms with E-state index in [2.05, 4.69) is 9.98 Å². The van der Waals surface area contributed by atoms with Crippen molar-refractivity contribution in [2.45, 2.75) is 6.54 Å². The fourth-order valence-corrected chi connectivity index (χ4v) is 2.30. The number of halogens is 1. The summed E-state index contributed by atoms with van der Waals surface area (Å²) in [4.78, 5) is 7.29. The van der Waals surface area contributed by atoms with Gasteiger partial charge in [-0.25, -0.2) is 0 Å². The fourth-order valence-electron chi connectivity index (χ4n) is 2.13. The van der Waals surface area contributed by atoms with Crippen LogP contribution in [0.15, 0.2) is 53.5 Å². The van der Waals surface area contributed by atoms with E-state index in [1.165, 1.54) is 0 Å². The molecule has 0 spiro atoms. The number of benzene rings is 2. The predicted molar refractivity (Wildman–Crippen MR) is 82.7 cm³/mol. The molecule has 1 aromatic heterocycles. The third-order valence-corrected chi connectivity index (χ3v) is 3.35. The lowest BCUT2D eigenvalue weighted by molar-refractivity contribution is 0.457. The minimum Gasteiger partial charge on any atom is -0.494 e. The number of aromatic amines is 1. The molecule has 0 bridgehead atoms. The van der Waals surface area contributed by atoms with E-state index in [-0.39, 0.29) is 5.88 Å². The summed E-state index contributed by atoms with van der Waals surface area (Å²) in [7, 11) is 0. The van der Waals surface area contributed by atoms with Crippen LogP contribution in [0.4, 0.5) is 0 Å². The largest absolute Gasteiger partial charge is 0.494 e. The average molecular weight is 285 g/mol. The number of rotatable bonds is 3. The molecule has 3 aromatic rings. The van der Waals surface area contributed by atoms with Crippen molar-refractivity contribution in [1.29, 1.82) is 0 Å². The van der Waals surface area contributed by atoms with Crippen molar-refractivity contribution >= 4 is 28.7 Å². The first kappa shape index (κ1) is 12.8. The third kappa shape index (κ3) is 2.53. The molecule has 0 atom stereocenters. The molecule has 0 unspecified atom stereocenters. The second-order valence-electron chi connectivity index (χ2n) is 4.53. The molecule has 0 fully saturated rings. The summed E-state index contributed by atoms with van der Waals surface area (Å²) in [5, 5.41) is 11.4. The van der Waals surface area contributed by atoms with E-state index < -0.39 is 0 Å². The number of nitrogens with one attached hydrogen (secondary N) is 1. The highest BCUT2D eigenvalue weighted by molar-refractivity contribution is 6.31. The topological polar surface area (TPSA) is 48.4 Å². The maximum atomic E-state index is 9.93. The van der Waals surface area contributed by atoms with Gasteiger partial charge in [0, 0.05) is 22.1 Å². The molecule has 20 heavy (non-hydrogen) atoms. The standard InChI is InChI=1S/C16H13ClN2O/c17-12-6-7-15-13(8-12)14(16(20)19-15)10-18-9-11-4-2-1-3-5-11/h1-8,10,19-20H,9H2. The van der Waals surface area contributed by atoms with Crippen molar-refractivity contribution in [2.75, 3.05) is 0 Å². The number of hydrogen-bond acceptors (Lipinski definition) is 2. The molecule has 1 heterocycles. The van der Waals surface area contributed by atoms with Gasteiger partial charge in [0.25, 0.3) is 0 Å². The van der Waals surface area contributed by atoms with E-state index in [1.807, 2.05) is 42.5 Å². The lowest BCUT2D eigenvalue weighted by Crippen LogP contribution is -1.84. The Labute approximate surface area is 121 Å². The summed E-state index contributed by atoms with van der Waals surface area (Å²) in [6.07, 6.45) is 1.68. The van der Waals surface area contributed by atoms with Crippen LogP contribution < -0.4 is 0 Å². The van der Waals surface area contributed by atoms with E-state index in [0.717, 1.165) is 16.5 Å². The van der Waals surface area contributed by atoms with Gasteiger partial charge in [0.15, 0.2) is 5.88 Å². The molecule has 100 valence electrons. The van der Waals surface area contributed by atoms with Crippen LogP contribution in [0, 0.1) is 0 Å². The second kappa shape index (κ2) is 5.39. The summed E-state index contributed by atoms with van der Waals surface area (Å²) in [5.41, 5.74) is 2.63. The fraction of sp³-hybridized carbons (Fsp3) is 0.0625. The number of H-pyrrole nitrogens is 1. The SMILES string of the molecule is Oc1[nH]c2ccc(Cl)cc2c1C=NCc1ccccc1. The molecular formula is C16H13ClN2O. The number of aromatic nitrogens is 1. The lowest BCUT2D eigenvalue weighted by atomic mass is 10.2. The van der Waals surface area contributed by atoms with Gasteiger partial charge >= 0.3 is 0 Å². The van der Waals surface area contributed by atoms with Crippen LogP contribution in [0.2, 0.25) is 5.02 Å². The smallest absolute Gasteiger partial charge is 0.198 e. The summed E-state index contributed by atoms with van der Waals surface area (Å²) in [6, 6.07) is 15.4. The maximum Gasteiger partial charge on any atom is 0.198 e. The summed E-state index contributed by atoms with van der Waals surface area (Å²) < 4.78 is 0. The Balaban J connectivity index is 1.90. The molecule has 2 aromatic carbocycles. The second-order valence-corrected chi connectivity index (χ2v) is 4.97. The molecule has 0 radical (unpaired) electrons. The molecule has 0 aliphatic heterocycles. The van der Waals surface area contributed by atoms with Gasteiger partial charge in [-0.15, -0.1) is 0 Å². The molecule has 0 saturated heterocycles. The van der Waals surface area contributed by atoms with Crippen LogP contribution in [0.3, 0.4) is 0 Å². The minimum absolute atomic E-state index is 0.110. The normalized spacial score (nSPS) is 11.4. The van der Waals surface area contributed by atoms with Gasteiger partial charge in [-0.3, -0.25) is 4.99 Å². The monoisotopic (exact) mass is 284 g/mol. The summed E-state index contributed by atoms with van der Waals surface area (Å²) in [6.45, 7) is 0.577. The van der Waals surface area contributed by atoms with Crippen LogP contribution >= 0.6 is 11.6 Å². The molecular weight excluding hydrogens is 272 g/mol. The number of hydrogen-bond donors (Lipinski definition) is 2. The zero-order valence-electron chi connectivity index (χ0n) is 10.7. The van der Waals surface area contributed by atoms with Gasteiger partial charge < -0.3 is 10.1 Å². The first-order chi connectivity index (χ1) is 9.74. The molecule has 3 nitrogen and oxygen atoms in total. The number of aliphatic imine (C=N–C) groups is 1. The molecule has 0 aliphatic carbocycles. The Bertz CT molecular complexity index is 763. The van der Waals surface area contributed by atoms with Crippen LogP contribution in [0.5, 0.6) is 5.88 Å². The van der Waals surface area contributed by atoms with Crippen molar-refractivity contribution in [2.24, 2.45) is 4.99 Å². The zero-order chi connectivity index (χ0) is 13.9. The van der Waals surface area contributed by atoms with Crippen molar-refractivity contribution in [1.82, 2.24) is 4.98 Å². The molecule has 0 amide bonds. The van der Waals surface area contributed by atoms with Gasteiger partial charge in [0.2, 0.25) is 0 Å². The van der Waals surface area contributed by atoms with E-state index in [4.69, 9.17) is 11.6 Å². The number of nitrogens with zero attached hydrogens (tertiary/aromatic N) is 1. The predicted octanol–water partition coefficient (Wildman–Crippen LogP) is 4.15. The average Bonchev–Trinajstić information content (AvgIpc) is 2.76. The molecule has 2 N–H and O–H groups in total. The van der Waals surface area contributed by atoms with Crippen molar-refractivity contribution in [3.8, 4) is 5.88 Å². The molecule has 3 rings (SSSR count). The van der Waals surface area contributed by atoms with Gasteiger partial charge in [0.1, 0.15) is 0 Å². The van der Waals surface area contributed by atoms with Gasteiger partial charge in [-0.05, 0) is 23.8 Å². The number of aromatic hydroxyl groups is 1. The highest BCUT2D eigenvalue weighted by Crippen LogP contribution is 2.28. The van der Waals surface area contributed by atoms with Crippen LogP contribution in [-0.2, 0) is 6.54 Å². The lowest BCUT2D eigenvalue weighted by Gasteiger charge is -1.96. The van der Waals surface area contributed by atoms with Crippen LogP contribution in [0.25, 0.3) is 10.9 Å². The van der Waals surface area contributed by atoms with Crippen molar-refractivity contribution in [3.05, 3.63) is 64.7 Å². The molecule has 0 saturated carbocycles. The first-order valence-electron chi connectivity index (χ1n) is 6.28. The van der Waals surface area contributed by atoms with E-state index in [0.29, 0.717) is 17.1 Å². The Morgan fingerprint density at radius 3 is 2.75 bits per heavy atom. The highest BCUT2D eigenvalue weighted by Gasteiger charge is 2.08. The Morgan fingerprint density at radius 1 is 1.15 bits per heavy atom. The Morgan fingerprint density at radius 2 is 1.95 bits per heavy atom. The van der Waals surface area contributed by atoms with E-state index in [9.17, 15) is 5.11 Å². The van der Waals surface area contributed by atoms with E-state index in [1.54, 1.807) is 12.3 Å². The Hall–Kier alpha value is -2.26. The highest BCUT2D eigenvalue weighted by atomic mass is 35.5. The molecule has 0 aliphatic rings. The summed E-state index contributed by atoms with van der Waals surface area (Å²) >= 11 is 5.99. The molecule has 4 heteroatoms. The quantitative estimate of drug-likeness (QED) is 0.698.